The molecule has 0 spiro atoms. The molecular formula is C30H32N6OS. The summed E-state index contributed by atoms with van der Waals surface area (Å²) in [4.78, 5) is 26.4. The number of anilines is 3. The summed E-state index contributed by atoms with van der Waals surface area (Å²) < 4.78 is 1.02. The molecule has 38 heavy (non-hydrogen) atoms. The summed E-state index contributed by atoms with van der Waals surface area (Å²) in [7, 11) is 0. The van der Waals surface area contributed by atoms with Crippen molar-refractivity contribution in [2.45, 2.75) is 25.8 Å². The van der Waals surface area contributed by atoms with Crippen LogP contribution in [-0.4, -0.2) is 59.5 Å². The number of piperazine rings is 1. The smallest absolute Gasteiger partial charge is 0.251 e. The lowest BCUT2D eigenvalue weighted by molar-refractivity contribution is 0.0951. The number of hydrogen-bond acceptors (Lipinski definition) is 7. The van der Waals surface area contributed by atoms with Crippen LogP contribution >= 0.6 is 11.3 Å². The third kappa shape index (κ3) is 5.56. The van der Waals surface area contributed by atoms with Crippen molar-refractivity contribution in [1.82, 2.24) is 20.2 Å². The average molecular weight is 525 g/mol. The number of nitrogens with one attached hydrogen (secondary N) is 2. The summed E-state index contributed by atoms with van der Waals surface area (Å²) in [5.41, 5.74) is 5.89. The van der Waals surface area contributed by atoms with Crippen molar-refractivity contribution in [2.24, 2.45) is 0 Å². The maximum Gasteiger partial charge on any atom is 0.251 e. The van der Waals surface area contributed by atoms with Gasteiger partial charge in [0.2, 0.25) is 0 Å². The molecule has 3 heterocycles. The zero-order valence-corrected chi connectivity index (χ0v) is 22.4. The molecule has 0 atom stereocenters. The van der Waals surface area contributed by atoms with Gasteiger partial charge in [-0.3, -0.25) is 4.79 Å². The minimum absolute atomic E-state index is 0.000658. The van der Waals surface area contributed by atoms with Gasteiger partial charge >= 0.3 is 0 Å². The van der Waals surface area contributed by atoms with Crippen LogP contribution in [0, 0.1) is 0 Å². The van der Waals surface area contributed by atoms with Crippen LogP contribution in [-0.2, 0) is 0 Å². The van der Waals surface area contributed by atoms with E-state index < -0.39 is 0 Å². The van der Waals surface area contributed by atoms with E-state index in [1.807, 2.05) is 30.3 Å². The van der Waals surface area contributed by atoms with E-state index >= 15 is 0 Å². The molecule has 1 aliphatic carbocycles. The minimum Gasteiger partial charge on any atom is -0.369 e. The quantitative estimate of drug-likeness (QED) is 0.311. The van der Waals surface area contributed by atoms with Gasteiger partial charge < -0.3 is 20.4 Å². The van der Waals surface area contributed by atoms with Gasteiger partial charge in [-0.15, -0.1) is 11.3 Å². The Morgan fingerprint density at radius 2 is 1.87 bits per heavy atom. The predicted molar refractivity (Wildman–Crippen MR) is 157 cm³/mol. The largest absolute Gasteiger partial charge is 0.369 e. The second-order valence-corrected chi connectivity index (χ2v) is 10.8. The van der Waals surface area contributed by atoms with Crippen molar-refractivity contribution in [3.63, 3.8) is 0 Å². The van der Waals surface area contributed by atoms with Crippen LogP contribution in [0.2, 0.25) is 0 Å². The second kappa shape index (κ2) is 10.9. The number of amides is 1. The van der Waals surface area contributed by atoms with Crippen LogP contribution in [0.1, 0.15) is 41.3 Å². The Morgan fingerprint density at radius 1 is 1.05 bits per heavy atom. The first-order valence-electron chi connectivity index (χ1n) is 13.3. The molecule has 194 valence electrons. The first-order valence-corrected chi connectivity index (χ1v) is 14.2. The monoisotopic (exact) mass is 524 g/mol. The lowest BCUT2D eigenvalue weighted by atomic mass is 10.1. The first-order chi connectivity index (χ1) is 18.7. The molecule has 2 N–H and O–H groups in total. The van der Waals surface area contributed by atoms with Crippen molar-refractivity contribution in [1.29, 1.82) is 0 Å². The Bertz CT molecular complexity index is 1450. The predicted octanol–water partition coefficient (Wildman–Crippen LogP) is 5.64. The highest BCUT2D eigenvalue weighted by molar-refractivity contribution is 7.18. The molecule has 2 fully saturated rings. The number of hydrogen-bond donors (Lipinski definition) is 2. The molecule has 8 heteroatoms. The summed E-state index contributed by atoms with van der Waals surface area (Å²) >= 11 is 1.63. The van der Waals surface area contributed by atoms with E-state index in [1.165, 1.54) is 5.69 Å². The highest BCUT2D eigenvalue weighted by atomic mass is 32.1. The fourth-order valence-electron chi connectivity index (χ4n) is 4.76. The molecule has 2 aromatic heterocycles. The van der Waals surface area contributed by atoms with Gasteiger partial charge in [-0.2, -0.15) is 0 Å². The van der Waals surface area contributed by atoms with E-state index in [4.69, 9.17) is 0 Å². The molecule has 4 aromatic rings. The fraction of sp³-hybridized carbons (Fsp3) is 0.300. The van der Waals surface area contributed by atoms with E-state index in [-0.39, 0.29) is 5.91 Å². The van der Waals surface area contributed by atoms with Crippen LogP contribution in [0.3, 0.4) is 0 Å². The van der Waals surface area contributed by atoms with Crippen molar-refractivity contribution >= 4 is 56.8 Å². The summed E-state index contributed by atoms with van der Waals surface area (Å²) in [6.45, 7) is 7.71. The SMILES string of the molecule is CCN1CCN(c2ccc(Nc3ncnc4c(C=Cc5cccc(C(=O)NC6CC6)c5)csc34)cc2)CC1. The highest BCUT2D eigenvalue weighted by Crippen LogP contribution is 2.32. The number of fused-ring (bicyclic) bond motifs is 1. The Balaban J connectivity index is 1.15. The van der Waals surface area contributed by atoms with Crippen molar-refractivity contribution < 1.29 is 4.79 Å². The zero-order chi connectivity index (χ0) is 25.9. The van der Waals surface area contributed by atoms with Crippen LogP contribution in [0.4, 0.5) is 17.2 Å². The van der Waals surface area contributed by atoms with Crippen molar-refractivity contribution in [3.8, 4) is 0 Å². The Labute approximate surface area is 227 Å². The molecule has 2 aliphatic rings. The van der Waals surface area contributed by atoms with E-state index in [0.717, 1.165) is 78.4 Å². The summed E-state index contributed by atoms with van der Waals surface area (Å²) in [6.07, 6.45) is 7.86. The molecule has 0 bridgehead atoms. The number of rotatable bonds is 8. The lowest BCUT2D eigenvalue weighted by Gasteiger charge is -2.35. The molecule has 6 rings (SSSR count). The van der Waals surface area contributed by atoms with Gasteiger partial charge in [-0.05, 0) is 61.3 Å². The first kappa shape index (κ1) is 24.6. The molecule has 1 aliphatic heterocycles. The standard InChI is InChI=1S/C30H32N6OS/c1-2-35-14-16-36(17-15-35)26-12-10-24(11-13-26)33-29-28-27(31-20-32-29)23(19-38-28)7-6-21-4-3-5-22(18-21)30(37)34-25-8-9-25/h3-7,10-13,18-20,25H,2,8-9,14-17H2,1H3,(H,34,37)(H,31,32,33). The topological polar surface area (TPSA) is 73.4 Å². The molecule has 1 saturated heterocycles. The Hall–Kier alpha value is -3.75. The van der Waals surface area contributed by atoms with Crippen LogP contribution < -0.4 is 15.5 Å². The number of likely N-dealkylation sites (N-methyl/N-ethyl adjacent to an activating group) is 1. The third-order valence-corrected chi connectivity index (χ3v) is 8.21. The number of aromatic nitrogens is 2. The second-order valence-electron chi connectivity index (χ2n) is 9.89. The number of benzene rings is 2. The Morgan fingerprint density at radius 3 is 2.63 bits per heavy atom. The normalized spacial score (nSPS) is 16.3. The Kier molecular flexibility index (Phi) is 7.07. The average Bonchev–Trinajstić information content (AvgIpc) is 3.68. The molecule has 1 amide bonds. The number of carbonyl (C=O) groups excluding carboxylic acids is 1. The molecule has 1 saturated carbocycles. The minimum atomic E-state index is -0.000658. The van der Waals surface area contributed by atoms with Gasteiger partial charge in [0.15, 0.2) is 5.82 Å². The molecule has 0 unspecified atom stereocenters. The number of carbonyl (C=O) groups is 1. The molecule has 0 radical (unpaired) electrons. The number of nitrogens with zero attached hydrogens (tertiary/aromatic N) is 4. The molecule has 7 nitrogen and oxygen atoms in total. The van der Waals surface area contributed by atoms with Crippen LogP contribution in [0.15, 0.2) is 60.2 Å². The van der Waals surface area contributed by atoms with Crippen LogP contribution in [0.25, 0.3) is 22.4 Å². The van der Waals surface area contributed by atoms with Gasteiger partial charge in [-0.1, -0.05) is 31.2 Å². The third-order valence-electron chi connectivity index (χ3n) is 7.21. The van der Waals surface area contributed by atoms with Crippen LogP contribution in [0.5, 0.6) is 0 Å². The van der Waals surface area contributed by atoms with Gasteiger partial charge in [-0.25, -0.2) is 9.97 Å². The summed E-state index contributed by atoms with van der Waals surface area (Å²) in [5, 5.41) is 8.64. The summed E-state index contributed by atoms with van der Waals surface area (Å²) in [5.74, 6) is 0.807. The van der Waals surface area contributed by atoms with Crippen molar-refractivity contribution in [3.05, 3.63) is 76.9 Å². The van der Waals surface area contributed by atoms with E-state index in [0.29, 0.717) is 11.6 Å². The summed E-state index contributed by atoms with van der Waals surface area (Å²) in [6, 6.07) is 16.7. The zero-order valence-electron chi connectivity index (χ0n) is 21.6. The van der Waals surface area contributed by atoms with E-state index in [1.54, 1.807) is 17.7 Å². The number of thiophene rings is 1. The van der Waals surface area contributed by atoms with Gasteiger partial charge in [0.25, 0.3) is 5.91 Å². The highest BCUT2D eigenvalue weighted by Gasteiger charge is 2.23. The maximum atomic E-state index is 12.4. The van der Waals surface area contributed by atoms with E-state index in [9.17, 15) is 4.79 Å². The van der Waals surface area contributed by atoms with E-state index in [2.05, 4.69) is 73.0 Å². The lowest BCUT2D eigenvalue weighted by Crippen LogP contribution is -2.46. The van der Waals surface area contributed by atoms with Gasteiger partial charge in [0.1, 0.15) is 6.33 Å². The maximum absolute atomic E-state index is 12.4. The van der Waals surface area contributed by atoms with Gasteiger partial charge in [0.05, 0.1) is 10.2 Å². The molecular weight excluding hydrogens is 492 g/mol. The fourth-order valence-corrected chi connectivity index (χ4v) is 5.69. The van der Waals surface area contributed by atoms with Crippen molar-refractivity contribution in [2.75, 3.05) is 42.9 Å². The molecule has 2 aromatic carbocycles. The van der Waals surface area contributed by atoms with Gasteiger partial charge in [0, 0.05) is 60.1 Å².